The van der Waals surface area contributed by atoms with Crippen molar-refractivity contribution < 1.29 is 8.78 Å². The molecule has 0 spiro atoms. The molecule has 0 atom stereocenters. The highest BCUT2D eigenvalue weighted by molar-refractivity contribution is 7.13. The molecule has 1 aliphatic carbocycles. The van der Waals surface area contributed by atoms with Crippen LogP contribution in [0.1, 0.15) is 40.1 Å². The third kappa shape index (κ3) is 3.41. The first kappa shape index (κ1) is 14.5. The van der Waals surface area contributed by atoms with Crippen LogP contribution in [0.3, 0.4) is 0 Å². The molecule has 0 bridgehead atoms. The fourth-order valence-corrected chi connectivity index (χ4v) is 3.76. The molecule has 0 unspecified atom stereocenters. The Labute approximate surface area is 128 Å². The van der Waals surface area contributed by atoms with Gasteiger partial charge in [-0.2, -0.15) is 0 Å². The maximum Gasteiger partial charge on any atom is 0.251 e. The average Bonchev–Trinajstić information content (AvgIpc) is 2.90. The van der Waals surface area contributed by atoms with Crippen LogP contribution < -0.4 is 0 Å². The summed E-state index contributed by atoms with van der Waals surface area (Å²) in [5, 5.41) is 0. The van der Waals surface area contributed by atoms with Gasteiger partial charge in [-0.3, -0.25) is 0 Å². The summed E-state index contributed by atoms with van der Waals surface area (Å²) in [6.45, 7) is 2.12. The molecule has 1 aliphatic rings. The van der Waals surface area contributed by atoms with Gasteiger partial charge in [-0.05, 0) is 42.2 Å². The Balaban J connectivity index is 1.75. The fraction of sp³-hybridized carbons (Fsp3) is 0.333. The van der Waals surface area contributed by atoms with E-state index in [2.05, 4.69) is 37.3 Å². The summed E-state index contributed by atoms with van der Waals surface area (Å²) >= 11 is 1.73. The number of hydrogen-bond donors (Lipinski definition) is 0. The average molecular weight is 304 g/mol. The van der Waals surface area contributed by atoms with E-state index in [1.807, 2.05) is 6.07 Å². The molecule has 1 aromatic heterocycles. The summed E-state index contributed by atoms with van der Waals surface area (Å²) < 4.78 is 26.4. The van der Waals surface area contributed by atoms with Gasteiger partial charge < -0.3 is 0 Å². The maximum atomic E-state index is 13.2. The van der Waals surface area contributed by atoms with Gasteiger partial charge >= 0.3 is 0 Å². The molecule has 1 heterocycles. The quantitative estimate of drug-likeness (QED) is 0.667. The van der Waals surface area contributed by atoms with Gasteiger partial charge in [0.1, 0.15) is 0 Å². The lowest BCUT2D eigenvalue weighted by Crippen LogP contribution is -2.17. The minimum Gasteiger partial charge on any atom is -0.207 e. The second-order valence-electron chi connectivity index (χ2n) is 5.66. The van der Waals surface area contributed by atoms with Gasteiger partial charge in [-0.25, -0.2) is 8.78 Å². The van der Waals surface area contributed by atoms with Crippen LogP contribution >= 0.6 is 11.3 Å². The van der Waals surface area contributed by atoms with Gasteiger partial charge in [-0.1, -0.05) is 30.3 Å². The van der Waals surface area contributed by atoms with E-state index >= 15 is 0 Å². The van der Waals surface area contributed by atoms with Crippen molar-refractivity contribution in [3.05, 3.63) is 63.4 Å². The van der Waals surface area contributed by atoms with Crippen molar-refractivity contribution in [1.29, 1.82) is 0 Å². The van der Waals surface area contributed by atoms with Gasteiger partial charge in [0.15, 0.2) is 0 Å². The lowest BCUT2D eigenvalue weighted by molar-refractivity contribution is -0.00600. The van der Waals surface area contributed by atoms with Crippen LogP contribution in [0, 0.1) is 6.92 Å². The largest absolute Gasteiger partial charge is 0.251 e. The summed E-state index contributed by atoms with van der Waals surface area (Å²) in [4.78, 5) is 2.44. The predicted octanol–water partition coefficient (Wildman–Crippen LogP) is 5.85. The molecular weight excluding hydrogens is 286 g/mol. The third-order valence-electron chi connectivity index (χ3n) is 4.01. The Hall–Kier alpha value is -1.48. The van der Waals surface area contributed by atoms with Crippen molar-refractivity contribution in [2.45, 2.75) is 38.5 Å². The first-order valence-electron chi connectivity index (χ1n) is 7.24. The maximum absolute atomic E-state index is 13.2. The molecule has 0 saturated carbocycles. The van der Waals surface area contributed by atoms with Crippen molar-refractivity contribution in [2.24, 2.45) is 0 Å². The molecular formula is C18H18F2S. The molecule has 110 valence electrons. The summed E-state index contributed by atoms with van der Waals surface area (Å²) in [5.74, 6) is -2.51. The van der Waals surface area contributed by atoms with E-state index in [0.717, 1.165) is 16.9 Å². The predicted molar refractivity (Wildman–Crippen MR) is 85.1 cm³/mol. The van der Waals surface area contributed by atoms with Gasteiger partial charge in [0, 0.05) is 29.0 Å². The van der Waals surface area contributed by atoms with Crippen LogP contribution in [0.4, 0.5) is 8.78 Å². The molecule has 0 saturated heterocycles. The van der Waals surface area contributed by atoms with Crippen LogP contribution in [-0.4, -0.2) is 5.92 Å². The highest BCUT2D eigenvalue weighted by atomic mass is 32.1. The first-order valence-corrected chi connectivity index (χ1v) is 8.06. The van der Waals surface area contributed by atoms with E-state index < -0.39 is 5.92 Å². The number of alkyl halides is 2. The fourth-order valence-electron chi connectivity index (χ4n) is 2.66. The van der Waals surface area contributed by atoms with Crippen LogP contribution in [0.2, 0.25) is 0 Å². The number of hydrogen-bond acceptors (Lipinski definition) is 1. The number of halogens is 2. The van der Waals surface area contributed by atoms with Gasteiger partial charge in [0.05, 0.1) is 0 Å². The molecule has 0 nitrogen and oxygen atoms in total. The van der Waals surface area contributed by atoms with Crippen LogP contribution in [0.25, 0.3) is 5.57 Å². The molecule has 0 amide bonds. The summed E-state index contributed by atoms with van der Waals surface area (Å²) in [6.07, 6.45) is 2.97. The van der Waals surface area contributed by atoms with Crippen molar-refractivity contribution in [1.82, 2.24) is 0 Å². The molecule has 21 heavy (non-hydrogen) atoms. The molecule has 1 aromatic carbocycles. The molecule has 0 fully saturated rings. The van der Waals surface area contributed by atoms with E-state index in [9.17, 15) is 8.78 Å². The highest BCUT2D eigenvalue weighted by Gasteiger charge is 2.31. The number of rotatable bonds is 3. The molecule has 2 aromatic rings. The van der Waals surface area contributed by atoms with E-state index in [1.165, 1.54) is 16.0 Å². The lowest BCUT2D eigenvalue weighted by atomic mass is 9.95. The van der Waals surface area contributed by atoms with Crippen molar-refractivity contribution in [3.63, 3.8) is 0 Å². The van der Waals surface area contributed by atoms with Crippen molar-refractivity contribution in [2.75, 3.05) is 0 Å². The monoisotopic (exact) mass is 304 g/mol. The summed E-state index contributed by atoms with van der Waals surface area (Å²) in [6, 6.07) is 12.6. The van der Waals surface area contributed by atoms with Crippen LogP contribution in [0.5, 0.6) is 0 Å². The Kier molecular flexibility index (Phi) is 3.94. The Morgan fingerprint density at radius 2 is 1.95 bits per heavy atom. The number of benzene rings is 1. The highest BCUT2D eigenvalue weighted by Crippen LogP contribution is 2.38. The van der Waals surface area contributed by atoms with E-state index in [1.54, 1.807) is 17.4 Å². The Bertz CT molecular complexity index is 667. The van der Waals surface area contributed by atoms with E-state index in [0.29, 0.717) is 6.42 Å². The van der Waals surface area contributed by atoms with Crippen LogP contribution in [0.15, 0.2) is 42.5 Å². The lowest BCUT2D eigenvalue weighted by Gasteiger charge is -2.20. The Morgan fingerprint density at radius 1 is 1.14 bits per heavy atom. The normalized spacial score (nSPS) is 17.6. The summed E-state index contributed by atoms with van der Waals surface area (Å²) in [5.41, 5.74) is 3.71. The zero-order valence-corrected chi connectivity index (χ0v) is 12.9. The minimum atomic E-state index is -2.51. The van der Waals surface area contributed by atoms with Crippen LogP contribution in [-0.2, 0) is 6.42 Å². The molecule has 3 rings (SSSR count). The molecule has 0 N–H and O–H groups in total. The Morgan fingerprint density at radius 3 is 2.67 bits per heavy atom. The first-order chi connectivity index (χ1) is 10.0. The number of thiophene rings is 1. The molecule has 3 heteroatoms. The van der Waals surface area contributed by atoms with E-state index in [-0.39, 0.29) is 12.8 Å². The second kappa shape index (κ2) is 5.72. The zero-order valence-electron chi connectivity index (χ0n) is 12.0. The molecule has 0 aliphatic heterocycles. The smallest absolute Gasteiger partial charge is 0.207 e. The van der Waals surface area contributed by atoms with Gasteiger partial charge in [0.25, 0.3) is 5.92 Å². The number of aryl methyl sites for hydroxylation is 1. The van der Waals surface area contributed by atoms with Gasteiger partial charge in [0.2, 0.25) is 0 Å². The SMILES string of the molecule is Cc1ccccc1Cc1ccc(C2=CCC(F)(F)CC2)s1. The zero-order chi connectivity index (χ0) is 14.9. The van der Waals surface area contributed by atoms with Crippen molar-refractivity contribution in [3.8, 4) is 0 Å². The van der Waals surface area contributed by atoms with Gasteiger partial charge in [-0.15, -0.1) is 11.3 Å². The summed E-state index contributed by atoms with van der Waals surface area (Å²) in [7, 11) is 0. The number of allylic oxidation sites excluding steroid dienone is 2. The molecule has 0 radical (unpaired) electrons. The standard InChI is InChI=1S/C18H18F2S/c1-13-4-2-3-5-15(13)12-16-6-7-17(21-16)14-8-10-18(19,20)11-9-14/h2-8H,9-12H2,1H3. The topological polar surface area (TPSA) is 0 Å². The second-order valence-corrected chi connectivity index (χ2v) is 6.83. The third-order valence-corrected chi connectivity index (χ3v) is 5.17. The minimum absolute atomic E-state index is 0.0239. The van der Waals surface area contributed by atoms with E-state index in [4.69, 9.17) is 0 Å². The van der Waals surface area contributed by atoms with Crippen molar-refractivity contribution >= 4 is 16.9 Å².